The molecule has 0 spiro atoms. The van der Waals surface area contributed by atoms with Crippen molar-refractivity contribution in [2.24, 2.45) is 7.05 Å². The minimum Gasteiger partial charge on any atom is -0.490 e. The number of halogens is 2. The van der Waals surface area contributed by atoms with Crippen LogP contribution in [0.4, 0.5) is 14.6 Å². The van der Waals surface area contributed by atoms with E-state index in [0.29, 0.717) is 0 Å². The highest BCUT2D eigenvalue weighted by atomic mass is 19.1. The number of hydrogen-bond donors (Lipinski definition) is 1. The topological polar surface area (TPSA) is 69.8 Å². The van der Waals surface area contributed by atoms with E-state index >= 15 is 0 Å². The number of pyridine rings is 1. The number of aryl methyl sites for hydroxylation is 1. The molecule has 0 saturated heterocycles. The molecule has 0 aliphatic heterocycles. The Bertz CT molecular complexity index is 1240. The van der Waals surface area contributed by atoms with Gasteiger partial charge in [0.15, 0.2) is 0 Å². The highest BCUT2D eigenvalue weighted by Crippen LogP contribution is 2.36. The zero-order valence-corrected chi connectivity index (χ0v) is 17.9. The van der Waals surface area contributed by atoms with Crippen LogP contribution in [0.3, 0.4) is 0 Å². The Labute approximate surface area is 184 Å². The van der Waals surface area contributed by atoms with Crippen molar-refractivity contribution < 1.29 is 13.5 Å². The third-order valence-corrected chi connectivity index (χ3v) is 5.95. The lowest BCUT2D eigenvalue weighted by Gasteiger charge is -2.29. The summed E-state index contributed by atoms with van der Waals surface area (Å²) in [5, 5.41) is 13.3. The van der Waals surface area contributed by atoms with Crippen LogP contribution in [0.1, 0.15) is 31.7 Å². The van der Waals surface area contributed by atoms with E-state index in [4.69, 9.17) is 9.84 Å². The highest BCUT2D eigenvalue weighted by Gasteiger charge is 2.27. The summed E-state index contributed by atoms with van der Waals surface area (Å²) in [4.78, 5) is 4.48. The van der Waals surface area contributed by atoms with Crippen molar-refractivity contribution in [1.82, 2.24) is 24.5 Å². The van der Waals surface area contributed by atoms with Crippen LogP contribution < -0.4 is 10.1 Å². The Morgan fingerprint density at radius 1 is 1.03 bits per heavy atom. The van der Waals surface area contributed by atoms with Crippen LogP contribution in [0.25, 0.3) is 22.2 Å². The fourth-order valence-corrected chi connectivity index (χ4v) is 4.40. The number of ether oxygens (including phenoxy) is 1. The molecule has 0 radical (unpaired) electrons. The van der Waals surface area contributed by atoms with Crippen LogP contribution in [-0.4, -0.2) is 37.7 Å². The Kier molecular flexibility index (Phi) is 5.24. The van der Waals surface area contributed by atoms with Gasteiger partial charge in [-0.15, -0.1) is 0 Å². The predicted octanol–water partition coefficient (Wildman–Crippen LogP) is 4.71. The van der Waals surface area contributed by atoms with Crippen molar-refractivity contribution in [3.63, 3.8) is 0 Å². The van der Waals surface area contributed by atoms with Crippen molar-refractivity contribution in [2.45, 2.75) is 37.8 Å². The molecule has 1 fully saturated rings. The molecule has 3 aromatic heterocycles. The van der Waals surface area contributed by atoms with E-state index < -0.39 is 11.6 Å². The predicted molar refractivity (Wildman–Crippen MR) is 118 cm³/mol. The lowest BCUT2D eigenvalue weighted by Crippen LogP contribution is -2.26. The number of nitrogens with zero attached hydrogens (tertiary/aromatic N) is 5. The fourth-order valence-electron chi connectivity index (χ4n) is 4.40. The second kappa shape index (κ2) is 8.22. The summed E-state index contributed by atoms with van der Waals surface area (Å²) < 4.78 is 36.6. The number of rotatable bonds is 5. The van der Waals surface area contributed by atoms with E-state index in [-0.39, 0.29) is 17.9 Å². The van der Waals surface area contributed by atoms with Gasteiger partial charge in [0.1, 0.15) is 28.9 Å². The van der Waals surface area contributed by atoms with Crippen molar-refractivity contribution in [3.05, 3.63) is 54.5 Å². The van der Waals surface area contributed by atoms with Crippen LogP contribution in [0, 0.1) is 11.6 Å². The number of anilines is 1. The number of benzene rings is 1. The lowest BCUT2D eigenvalue weighted by atomic mass is 9.93. The molecular formula is C23H24F2N6O. The smallest absolute Gasteiger partial charge is 0.129 e. The average molecular weight is 438 g/mol. The van der Waals surface area contributed by atoms with Crippen molar-refractivity contribution in [2.75, 3.05) is 12.4 Å². The minimum atomic E-state index is -0.631. The molecule has 3 heterocycles. The Hall–Kier alpha value is -3.49. The van der Waals surface area contributed by atoms with Gasteiger partial charge in [0.25, 0.3) is 0 Å². The SMILES string of the molecule is CNc1cc2c(cn1)c(-c1cnn(C)c1)nn2C1CCC(Oc2cc(F)cc(F)c2)CC1. The zero-order chi connectivity index (χ0) is 22.2. The van der Waals surface area contributed by atoms with Gasteiger partial charge in [-0.2, -0.15) is 10.2 Å². The second-order valence-corrected chi connectivity index (χ2v) is 8.19. The van der Waals surface area contributed by atoms with Gasteiger partial charge in [-0.25, -0.2) is 13.8 Å². The van der Waals surface area contributed by atoms with Crippen molar-refractivity contribution in [1.29, 1.82) is 0 Å². The summed E-state index contributed by atoms with van der Waals surface area (Å²) in [6, 6.07) is 5.51. The van der Waals surface area contributed by atoms with E-state index in [0.717, 1.165) is 59.7 Å². The first-order valence-corrected chi connectivity index (χ1v) is 10.7. The van der Waals surface area contributed by atoms with Crippen molar-refractivity contribution in [3.8, 4) is 17.0 Å². The maximum Gasteiger partial charge on any atom is 0.129 e. The van der Waals surface area contributed by atoms with Gasteiger partial charge in [0.05, 0.1) is 23.9 Å². The molecule has 9 heteroatoms. The first kappa shape index (κ1) is 20.4. The summed E-state index contributed by atoms with van der Waals surface area (Å²) in [5.41, 5.74) is 2.82. The summed E-state index contributed by atoms with van der Waals surface area (Å²) in [6.45, 7) is 0. The van der Waals surface area contributed by atoms with Gasteiger partial charge in [0, 0.05) is 61.7 Å². The van der Waals surface area contributed by atoms with E-state index in [1.165, 1.54) is 12.1 Å². The quantitative estimate of drug-likeness (QED) is 0.489. The fraction of sp³-hybridized carbons (Fsp3) is 0.348. The number of fused-ring (bicyclic) bond motifs is 1. The van der Waals surface area contributed by atoms with E-state index in [2.05, 4.69) is 20.1 Å². The Morgan fingerprint density at radius 3 is 2.44 bits per heavy atom. The molecule has 0 atom stereocenters. The monoisotopic (exact) mass is 438 g/mol. The van der Waals surface area contributed by atoms with Gasteiger partial charge in [-0.05, 0) is 25.7 Å². The average Bonchev–Trinajstić information content (AvgIpc) is 3.36. The molecule has 1 saturated carbocycles. The van der Waals surface area contributed by atoms with Crippen LogP contribution in [-0.2, 0) is 7.05 Å². The highest BCUT2D eigenvalue weighted by molar-refractivity contribution is 5.93. The first-order chi connectivity index (χ1) is 15.5. The maximum absolute atomic E-state index is 13.5. The summed E-state index contributed by atoms with van der Waals surface area (Å²) >= 11 is 0. The summed E-state index contributed by atoms with van der Waals surface area (Å²) in [7, 11) is 3.72. The second-order valence-electron chi connectivity index (χ2n) is 8.19. The molecule has 32 heavy (non-hydrogen) atoms. The van der Waals surface area contributed by atoms with E-state index in [1.54, 1.807) is 10.9 Å². The number of hydrogen-bond acceptors (Lipinski definition) is 5. The zero-order valence-electron chi connectivity index (χ0n) is 17.9. The van der Waals surface area contributed by atoms with Gasteiger partial charge in [-0.3, -0.25) is 9.36 Å². The van der Waals surface area contributed by atoms with Gasteiger partial charge < -0.3 is 10.1 Å². The molecule has 1 aliphatic rings. The first-order valence-electron chi connectivity index (χ1n) is 10.7. The lowest BCUT2D eigenvalue weighted by molar-refractivity contribution is 0.130. The Balaban J connectivity index is 1.40. The van der Waals surface area contributed by atoms with Crippen LogP contribution >= 0.6 is 0 Å². The molecule has 0 bridgehead atoms. The summed E-state index contributed by atoms with van der Waals surface area (Å²) in [5.74, 6) is -0.247. The molecule has 5 rings (SSSR count). The minimum absolute atomic E-state index is 0.0818. The van der Waals surface area contributed by atoms with Gasteiger partial charge in [-0.1, -0.05) is 0 Å². The molecule has 166 valence electrons. The van der Waals surface area contributed by atoms with Gasteiger partial charge >= 0.3 is 0 Å². The molecule has 1 aromatic carbocycles. The van der Waals surface area contributed by atoms with Crippen LogP contribution in [0.15, 0.2) is 42.9 Å². The molecular weight excluding hydrogens is 414 g/mol. The maximum atomic E-state index is 13.5. The van der Waals surface area contributed by atoms with E-state index in [1.807, 2.05) is 32.6 Å². The van der Waals surface area contributed by atoms with Crippen molar-refractivity contribution >= 4 is 16.7 Å². The normalized spacial score (nSPS) is 18.8. The van der Waals surface area contributed by atoms with E-state index in [9.17, 15) is 8.78 Å². The largest absolute Gasteiger partial charge is 0.490 e. The Morgan fingerprint density at radius 2 is 1.78 bits per heavy atom. The third kappa shape index (κ3) is 3.90. The molecule has 1 aliphatic carbocycles. The summed E-state index contributed by atoms with van der Waals surface area (Å²) in [6.07, 6.45) is 8.77. The molecule has 7 nitrogen and oxygen atoms in total. The van der Waals surface area contributed by atoms with Crippen LogP contribution in [0.5, 0.6) is 5.75 Å². The third-order valence-electron chi connectivity index (χ3n) is 5.95. The standard InChI is InChI=1S/C23H24F2N6O/c1-26-22-10-21-20(12-27-22)23(14-11-28-30(2)13-14)29-31(21)17-3-5-18(6-4-17)32-19-8-15(24)7-16(25)9-19/h7-13,17-18H,3-6H2,1-2H3,(H,26,27). The molecule has 0 unspecified atom stereocenters. The van der Waals surface area contributed by atoms with Gasteiger partial charge in [0.2, 0.25) is 0 Å². The van der Waals surface area contributed by atoms with Crippen LogP contribution in [0.2, 0.25) is 0 Å². The molecule has 0 amide bonds. The number of nitrogens with one attached hydrogen (secondary N) is 1. The number of aromatic nitrogens is 5. The molecule has 4 aromatic rings. The molecule has 1 N–H and O–H groups in total.